The molecule has 1 aromatic heterocycles. The maximum absolute atomic E-state index is 12.5. The predicted molar refractivity (Wildman–Crippen MR) is 102 cm³/mol. The molecule has 0 spiro atoms. The van der Waals surface area contributed by atoms with Crippen LogP contribution in [0.1, 0.15) is 21.6 Å². The highest BCUT2D eigenvalue weighted by Gasteiger charge is 2.12. The summed E-state index contributed by atoms with van der Waals surface area (Å²) >= 11 is 0. The van der Waals surface area contributed by atoms with Crippen LogP contribution in [0.2, 0.25) is 0 Å². The van der Waals surface area contributed by atoms with Crippen molar-refractivity contribution in [2.75, 3.05) is 17.7 Å². The van der Waals surface area contributed by atoms with Crippen molar-refractivity contribution < 1.29 is 9.53 Å². The summed E-state index contributed by atoms with van der Waals surface area (Å²) in [6.45, 7) is 4.02. The summed E-state index contributed by atoms with van der Waals surface area (Å²) in [6.07, 6.45) is 1.56. The second-order valence-electron chi connectivity index (χ2n) is 5.81. The van der Waals surface area contributed by atoms with Crippen molar-refractivity contribution in [3.8, 4) is 5.75 Å². The summed E-state index contributed by atoms with van der Waals surface area (Å²) in [5.74, 6) is 0.625. The molecule has 0 fully saturated rings. The Morgan fingerprint density at radius 2 is 1.73 bits per heavy atom. The van der Waals surface area contributed by atoms with Gasteiger partial charge in [-0.3, -0.25) is 4.79 Å². The number of anilines is 3. The number of nitrogens with zero attached hydrogens (tertiary/aromatic N) is 2. The minimum absolute atomic E-state index is 0.264. The molecule has 3 rings (SSSR count). The van der Waals surface area contributed by atoms with Crippen LogP contribution in [0.3, 0.4) is 0 Å². The van der Waals surface area contributed by atoms with Crippen molar-refractivity contribution in [2.45, 2.75) is 13.8 Å². The van der Waals surface area contributed by atoms with Crippen molar-refractivity contribution in [2.24, 2.45) is 0 Å². The highest BCUT2D eigenvalue weighted by molar-refractivity contribution is 6.03. The third-order valence-corrected chi connectivity index (χ3v) is 3.96. The van der Waals surface area contributed by atoms with Crippen LogP contribution >= 0.6 is 0 Å². The lowest BCUT2D eigenvalue weighted by Gasteiger charge is -2.12. The molecule has 0 saturated carbocycles. The molecule has 26 heavy (non-hydrogen) atoms. The van der Waals surface area contributed by atoms with E-state index < -0.39 is 0 Å². The molecule has 0 saturated heterocycles. The molecule has 3 aromatic rings. The van der Waals surface area contributed by atoms with Gasteiger partial charge in [-0.15, -0.1) is 0 Å². The number of amides is 1. The van der Waals surface area contributed by atoms with Gasteiger partial charge in [0.2, 0.25) is 5.95 Å². The second kappa shape index (κ2) is 7.65. The Balaban J connectivity index is 1.82. The van der Waals surface area contributed by atoms with E-state index in [1.807, 2.05) is 44.2 Å². The number of carbonyl (C=O) groups is 1. The Morgan fingerprint density at radius 3 is 2.46 bits per heavy atom. The van der Waals surface area contributed by atoms with Gasteiger partial charge < -0.3 is 15.4 Å². The van der Waals surface area contributed by atoms with Crippen LogP contribution in [0.4, 0.5) is 17.3 Å². The molecule has 0 atom stereocenters. The number of carbonyl (C=O) groups excluding carboxylic acids is 1. The second-order valence-corrected chi connectivity index (χ2v) is 5.81. The quantitative estimate of drug-likeness (QED) is 0.726. The molecule has 2 N–H and O–H groups in total. The first-order valence-electron chi connectivity index (χ1n) is 8.19. The van der Waals surface area contributed by atoms with E-state index in [0.29, 0.717) is 17.4 Å². The third-order valence-electron chi connectivity index (χ3n) is 3.96. The largest absolute Gasteiger partial charge is 0.495 e. The van der Waals surface area contributed by atoms with E-state index in [4.69, 9.17) is 4.74 Å². The van der Waals surface area contributed by atoms with Crippen molar-refractivity contribution in [3.05, 3.63) is 71.5 Å². The molecule has 1 amide bonds. The van der Waals surface area contributed by atoms with Gasteiger partial charge in [-0.05, 0) is 43.2 Å². The zero-order chi connectivity index (χ0) is 18.5. The van der Waals surface area contributed by atoms with Crippen LogP contribution in [-0.2, 0) is 0 Å². The van der Waals surface area contributed by atoms with Crippen molar-refractivity contribution in [1.29, 1.82) is 0 Å². The molecule has 6 heteroatoms. The average molecular weight is 348 g/mol. The molecular weight excluding hydrogens is 328 g/mol. The predicted octanol–water partition coefficient (Wildman–Crippen LogP) is 4.10. The number of para-hydroxylation sites is 3. The standard InChI is InChI=1S/C20H20N4O2/c1-13-7-6-8-14(2)18(13)24-20-21-12-11-16(23-20)19(25)22-15-9-4-5-10-17(15)26-3/h4-12H,1-3H3,(H,22,25)(H,21,23,24). The number of hydrogen-bond donors (Lipinski definition) is 2. The van der Waals surface area contributed by atoms with E-state index in [0.717, 1.165) is 16.8 Å². The molecule has 132 valence electrons. The van der Waals surface area contributed by atoms with Gasteiger partial charge in [0.25, 0.3) is 5.91 Å². The Labute approximate surface area is 152 Å². The summed E-state index contributed by atoms with van der Waals surface area (Å²) in [5, 5.41) is 6.00. The number of aromatic nitrogens is 2. The van der Waals surface area contributed by atoms with Gasteiger partial charge in [0, 0.05) is 11.9 Å². The van der Waals surface area contributed by atoms with Crippen molar-refractivity contribution >= 4 is 23.2 Å². The molecule has 0 radical (unpaired) electrons. The molecule has 0 unspecified atom stereocenters. The van der Waals surface area contributed by atoms with Gasteiger partial charge in [0.1, 0.15) is 11.4 Å². The summed E-state index contributed by atoms with van der Waals surface area (Å²) in [7, 11) is 1.56. The van der Waals surface area contributed by atoms with Crippen LogP contribution in [0.15, 0.2) is 54.7 Å². The zero-order valence-electron chi connectivity index (χ0n) is 14.9. The first-order chi connectivity index (χ1) is 12.6. The molecule has 0 bridgehead atoms. The fourth-order valence-electron chi connectivity index (χ4n) is 2.60. The van der Waals surface area contributed by atoms with Crippen molar-refractivity contribution in [3.63, 3.8) is 0 Å². The molecule has 0 aliphatic heterocycles. The highest BCUT2D eigenvalue weighted by atomic mass is 16.5. The Hall–Kier alpha value is -3.41. The van der Waals surface area contributed by atoms with E-state index in [-0.39, 0.29) is 11.6 Å². The van der Waals surface area contributed by atoms with Gasteiger partial charge in [0.15, 0.2) is 0 Å². The molecule has 6 nitrogen and oxygen atoms in total. The number of methoxy groups -OCH3 is 1. The molecule has 0 aliphatic rings. The Morgan fingerprint density at radius 1 is 1.00 bits per heavy atom. The minimum atomic E-state index is -0.332. The lowest BCUT2D eigenvalue weighted by atomic mass is 10.1. The van der Waals surface area contributed by atoms with E-state index in [9.17, 15) is 4.79 Å². The van der Waals surface area contributed by atoms with Crippen LogP contribution in [0, 0.1) is 13.8 Å². The topological polar surface area (TPSA) is 76.1 Å². The first kappa shape index (κ1) is 17.4. The van der Waals surface area contributed by atoms with Crippen molar-refractivity contribution in [1.82, 2.24) is 9.97 Å². The first-order valence-corrected chi connectivity index (χ1v) is 8.19. The number of aryl methyl sites for hydroxylation is 2. The third kappa shape index (κ3) is 3.80. The number of benzene rings is 2. The molecule has 0 aliphatic carbocycles. The summed E-state index contributed by atoms with van der Waals surface area (Å²) in [6, 6.07) is 14.8. The normalized spacial score (nSPS) is 10.3. The maximum Gasteiger partial charge on any atom is 0.274 e. The number of ether oxygens (including phenoxy) is 1. The monoisotopic (exact) mass is 348 g/mol. The molecule has 2 aromatic carbocycles. The van der Waals surface area contributed by atoms with Gasteiger partial charge in [-0.25, -0.2) is 9.97 Å². The van der Waals surface area contributed by atoms with Gasteiger partial charge in [-0.1, -0.05) is 30.3 Å². The maximum atomic E-state index is 12.5. The Bertz CT molecular complexity index is 920. The van der Waals surface area contributed by atoms with E-state index in [2.05, 4.69) is 20.6 Å². The van der Waals surface area contributed by atoms with E-state index >= 15 is 0 Å². The van der Waals surface area contributed by atoms with Gasteiger partial charge in [-0.2, -0.15) is 0 Å². The Kier molecular flexibility index (Phi) is 5.12. The number of hydrogen-bond acceptors (Lipinski definition) is 5. The minimum Gasteiger partial charge on any atom is -0.495 e. The average Bonchev–Trinajstić information content (AvgIpc) is 2.65. The lowest BCUT2D eigenvalue weighted by molar-refractivity contribution is 0.102. The van der Waals surface area contributed by atoms with Crippen LogP contribution in [-0.4, -0.2) is 23.0 Å². The summed E-state index contributed by atoms with van der Waals surface area (Å²) in [5.41, 5.74) is 3.95. The van der Waals surface area contributed by atoms with E-state index in [1.165, 1.54) is 0 Å². The SMILES string of the molecule is COc1ccccc1NC(=O)c1ccnc(Nc2c(C)cccc2C)n1. The fourth-order valence-corrected chi connectivity index (χ4v) is 2.60. The zero-order valence-corrected chi connectivity index (χ0v) is 14.9. The molecular formula is C20H20N4O2. The smallest absolute Gasteiger partial charge is 0.274 e. The molecule has 1 heterocycles. The summed E-state index contributed by atoms with van der Waals surface area (Å²) in [4.78, 5) is 21.1. The van der Waals surface area contributed by atoms with Crippen LogP contribution < -0.4 is 15.4 Å². The van der Waals surface area contributed by atoms with E-state index in [1.54, 1.807) is 31.5 Å². The highest BCUT2D eigenvalue weighted by Crippen LogP contribution is 2.24. The fraction of sp³-hybridized carbons (Fsp3) is 0.150. The number of rotatable bonds is 5. The lowest BCUT2D eigenvalue weighted by Crippen LogP contribution is -2.15. The van der Waals surface area contributed by atoms with Gasteiger partial charge >= 0.3 is 0 Å². The van der Waals surface area contributed by atoms with Gasteiger partial charge in [0.05, 0.1) is 12.8 Å². The van der Waals surface area contributed by atoms with Crippen LogP contribution in [0.25, 0.3) is 0 Å². The number of nitrogens with one attached hydrogen (secondary N) is 2. The summed E-state index contributed by atoms with van der Waals surface area (Å²) < 4.78 is 5.25. The van der Waals surface area contributed by atoms with Crippen LogP contribution in [0.5, 0.6) is 5.75 Å².